The van der Waals surface area contributed by atoms with Crippen LogP contribution in [-0.2, 0) is 4.79 Å². The van der Waals surface area contributed by atoms with E-state index in [4.69, 9.17) is 21.2 Å². The summed E-state index contributed by atoms with van der Waals surface area (Å²) < 4.78 is 5.00. The molecule has 0 radical (unpaired) electrons. The van der Waals surface area contributed by atoms with Crippen LogP contribution in [0.4, 0.5) is 6.01 Å². The summed E-state index contributed by atoms with van der Waals surface area (Å²) in [6, 6.07) is 7.39. The Morgan fingerprint density at radius 1 is 1.47 bits per heavy atom. The molecule has 2 N–H and O–H groups in total. The van der Waals surface area contributed by atoms with Gasteiger partial charge in [-0.05, 0) is 18.6 Å². The maximum absolute atomic E-state index is 10.3. The smallest absolute Gasteiger partial charge is 0.321 e. The highest BCUT2D eigenvalue weighted by atomic mass is 35.5. The molecule has 2 rings (SSSR count). The number of carbonyl (C=O) groups is 1. The monoisotopic (exact) mass is 281 g/mol. The molecule has 6 nitrogen and oxygen atoms in total. The number of hydrogen-bond acceptors (Lipinski definition) is 5. The van der Waals surface area contributed by atoms with Crippen LogP contribution in [0.2, 0.25) is 5.02 Å². The summed E-state index contributed by atoms with van der Waals surface area (Å²) in [4.78, 5) is 14.5. The fraction of sp³-hybridized carbons (Fsp3) is 0.250. The molecule has 0 unspecified atom stereocenters. The quantitative estimate of drug-likeness (QED) is 0.792. The number of nitrogens with zero attached hydrogens (tertiary/aromatic N) is 2. The lowest BCUT2D eigenvalue weighted by Crippen LogP contribution is -2.04. The summed E-state index contributed by atoms with van der Waals surface area (Å²) in [6.45, 7) is 0.462. The third-order valence-corrected chi connectivity index (χ3v) is 2.59. The number of hydrogen-bond donors (Lipinski definition) is 2. The van der Waals surface area contributed by atoms with Crippen molar-refractivity contribution >= 4 is 23.6 Å². The first kappa shape index (κ1) is 13.4. The number of halogens is 1. The first-order valence-corrected chi connectivity index (χ1v) is 6.08. The van der Waals surface area contributed by atoms with Gasteiger partial charge in [-0.2, -0.15) is 4.98 Å². The van der Waals surface area contributed by atoms with Crippen molar-refractivity contribution in [1.82, 2.24) is 10.1 Å². The molecule has 0 amide bonds. The highest BCUT2D eigenvalue weighted by Crippen LogP contribution is 2.20. The van der Waals surface area contributed by atoms with E-state index in [9.17, 15) is 4.79 Å². The molecule has 0 saturated heterocycles. The second kappa shape index (κ2) is 6.19. The zero-order valence-corrected chi connectivity index (χ0v) is 10.7. The molecule has 0 aliphatic rings. The number of aromatic nitrogens is 2. The Bertz CT molecular complexity index is 571. The van der Waals surface area contributed by atoms with Crippen LogP contribution in [-0.4, -0.2) is 27.8 Å². The minimum atomic E-state index is -0.827. The van der Waals surface area contributed by atoms with Crippen molar-refractivity contribution in [2.75, 3.05) is 11.9 Å². The molecule has 0 fully saturated rings. The van der Waals surface area contributed by atoms with Crippen LogP contribution in [0.3, 0.4) is 0 Å². The van der Waals surface area contributed by atoms with Gasteiger partial charge in [0.1, 0.15) is 0 Å². The van der Waals surface area contributed by atoms with Crippen LogP contribution < -0.4 is 5.32 Å². The molecular formula is C12H12ClN3O3. The summed E-state index contributed by atoms with van der Waals surface area (Å²) in [7, 11) is 0. The highest BCUT2D eigenvalue weighted by molar-refractivity contribution is 6.30. The van der Waals surface area contributed by atoms with Crippen molar-refractivity contribution in [2.24, 2.45) is 0 Å². The summed E-state index contributed by atoms with van der Waals surface area (Å²) in [5, 5.41) is 15.8. The summed E-state index contributed by atoms with van der Waals surface area (Å²) >= 11 is 5.88. The minimum Gasteiger partial charge on any atom is -0.481 e. The Morgan fingerprint density at radius 3 is 3.05 bits per heavy atom. The Labute approximate surface area is 114 Å². The Kier molecular flexibility index (Phi) is 4.35. The van der Waals surface area contributed by atoms with E-state index in [2.05, 4.69) is 15.5 Å². The van der Waals surface area contributed by atoms with Gasteiger partial charge in [-0.3, -0.25) is 4.79 Å². The van der Waals surface area contributed by atoms with Gasteiger partial charge >= 0.3 is 12.0 Å². The SMILES string of the molecule is O=C(O)CCCNc1nc(-c2cccc(Cl)c2)no1. The molecule has 19 heavy (non-hydrogen) atoms. The van der Waals surface area contributed by atoms with Crippen LogP contribution >= 0.6 is 11.6 Å². The van der Waals surface area contributed by atoms with Gasteiger partial charge in [-0.25, -0.2) is 0 Å². The van der Waals surface area contributed by atoms with E-state index in [1.807, 2.05) is 6.07 Å². The molecule has 1 aromatic carbocycles. The number of aliphatic carboxylic acids is 1. The number of anilines is 1. The van der Waals surface area contributed by atoms with Gasteiger partial charge in [-0.1, -0.05) is 28.9 Å². The number of rotatable bonds is 6. The predicted molar refractivity (Wildman–Crippen MR) is 70.1 cm³/mol. The molecule has 2 aromatic rings. The maximum Gasteiger partial charge on any atom is 0.321 e. The van der Waals surface area contributed by atoms with Gasteiger partial charge in [0.2, 0.25) is 5.82 Å². The van der Waals surface area contributed by atoms with Gasteiger partial charge in [-0.15, -0.1) is 0 Å². The standard InChI is InChI=1S/C12H12ClN3O3/c13-9-4-1-3-8(7-9)11-15-12(19-16-11)14-6-2-5-10(17)18/h1,3-4,7H,2,5-6H2,(H,17,18)(H,14,15,16). The number of benzene rings is 1. The largest absolute Gasteiger partial charge is 0.481 e. The minimum absolute atomic E-state index is 0.0995. The summed E-state index contributed by atoms with van der Waals surface area (Å²) in [6.07, 6.45) is 0.590. The molecule has 1 heterocycles. The van der Waals surface area contributed by atoms with Crippen molar-refractivity contribution in [2.45, 2.75) is 12.8 Å². The molecule has 7 heteroatoms. The maximum atomic E-state index is 10.3. The fourth-order valence-corrected chi connectivity index (χ4v) is 1.67. The van der Waals surface area contributed by atoms with Crippen molar-refractivity contribution in [1.29, 1.82) is 0 Å². The first-order valence-electron chi connectivity index (χ1n) is 5.70. The topological polar surface area (TPSA) is 88.2 Å². The van der Waals surface area contributed by atoms with Gasteiger partial charge < -0.3 is 14.9 Å². The lowest BCUT2D eigenvalue weighted by molar-refractivity contribution is -0.137. The van der Waals surface area contributed by atoms with E-state index in [0.717, 1.165) is 5.56 Å². The lowest BCUT2D eigenvalue weighted by Gasteiger charge is -1.97. The highest BCUT2D eigenvalue weighted by Gasteiger charge is 2.08. The van der Waals surface area contributed by atoms with E-state index < -0.39 is 5.97 Å². The van der Waals surface area contributed by atoms with E-state index in [0.29, 0.717) is 23.8 Å². The molecule has 100 valence electrons. The lowest BCUT2D eigenvalue weighted by atomic mass is 10.2. The molecule has 0 bridgehead atoms. The molecule has 1 aromatic heterocycles. The van der Waals surface area contributed by atoms with Crippen molar-refractivity contribution in [3.63, 3.8) is 0 Å². The van der Waals surface area contributed by atoms with E-state index in [1.165, 1.54) is 0 Å². The normalized spacial score (nSPS) is 10.4. The molecule has 0 atom stereocenters. The zero-order valence-electron chi connectivity index (χ0n) is 9.97. The molecule has 0 aliphatic carbocycles. The number of nitrogens with one attached hydrogen (secondary N) is 1. The fourth-order valence-electron chi connectivity index (χ4n) is 1.48. The molecule has 0 aliphatic heterocycles. The van der Waals surface area contributed by atoms with Crippen LogP contribution in [0.15, 0.2) is 28.8 Å². The Hall–Kier alpha value is -2.08. The molecule has 0 spiro atoms. The van der Waals surface area contributed by atoms with Gasteiger partial charge in [0, 0.05) is 23.6 Å². The van der Waals surface area contributed by atoms with Crippen LogP contribution in [0.1, 0.15) is 12.8 Å². The van der Waals surface area contributed by atoms with Crippen LogP contribution in [0.5, 0.6) is 0 Å². The average molecular weight is 282 g/mol. The Morgan fingerprint density at radius 2 is 2.32 bits per heavy atom. The van der Waals surface area contributed by atoms with Crippen molar-refractivity contribution in [3.8, 4) is 11.4 Å². The third kappa shape index (κ3) is 3.96. The number of carboxylic acids is 1. The molecular weight excluding hydrogens is 270 g/mol. The van der Waals surface area contributed by atoms with Crippen molar-refractivity contribution < 1.29 is 14.4 Å². The second-order valence-corrected chi connectivity index (χ2v) is 4.29. The van der Waals surface area contributed by atoms with E-state index >= 15 is 0 Å². The molecule has 0 saturated carbocycles. The van der Waals surface area contributed by atoms with Gasteiger partial charge in [0.05, 0.1) is 0 Å². The third-order valence-electron chi connectivity index (χ3n) is 2.35. The summed E-state index contributed by atoms with van der Waals surface area (Å²) in [5.74, 6) is -0.393. The van der Waals surface area contributed by atoms with E-state index in [-0.39, 0.29) is 12.4 Å². The summed E-state index contributed by atoms with van der Waals surface area (Å²) in [5.41, 5.74) is 0.759. The second-order valence-electron chi connectivity index (χ2n) is 3.86. The Balaban J connectivity index is 1.94. The van der Waals surface area contributed by atoms with Gasteiger partial charge in [0.25, 0.3) is 0 Å². The van der Waals surface area contributed by atoms with Crippen molar-refractivity contribution in [3.05, 3.63) is 29.3 Å². The van der Waals surface area contributed by atoms with E-state index in [1.54, 1.807) is 18.2 Å². The van der Waals surface area contributed by atoms with Gasteiger partial charge in [0.15, 0.2) is 0 Å². The zero-order chi connectivity index (χ0) is 13.7. The number of carboxylic acid groups (broad SMARTS) is 1. The average Bonchev–Trinajstić information content (AvgIpc) is 2.83. The van der Waals surface area contributed by atoms with Crippen LogP contribution in [0.25, 0.3) is 11.4 Å². The van der Waals surface area contributed by atoms with Crippen LogP contribution in [0, 0.1) is 0 Å². The predicted octanol–water partition coefficient (Wildman–Crippen LogP) is 2.67. The first-order chi connectivity index (χ1) is 9.15.